The van der Waals surface area contributed by atoms with Gasteiger partial charge in [-0.15, -0.1) is 0 Å². The molecule has 98 valence electrons. The largest absolute Gasteiger partial charge is 0.481 e. The van der Waals surface area contributed by atoms with E-state index in [0.717, 1.165) is 25.8 Å². The molecule has 0 aromatic heterocycles. The SMILES string of the molecule is CCOC[C@H]1CCCCN1C(=O)CCC(=O)O. The molecule has 0 unspecified atom stereocenters. The number of carboxylic acids is 1. The summed E-state index contributed by atoms with van der Waals surface area (Å²) in [4.78, 5) is 24.1. The van der Waals surface area contributed by atoms with Crippen LogP contribution in [0.25, 0.3) is 0 Å². The van der Waals surface area contributed by atoms with Crippen molar-refractivity contribution in [1.82, 2.24) is 4.90 Å². The summed E-state index contributed by atoms with van der Waals surface area (Å²) < 4.78 is 5.37. The number of nitrogens with zero attached hydrogens (tertiary/aromatic N) is 1. The number of carboxylic acid groups (broad SMARTS) is 1. The van der Waals surface area contributed by atoms with Gasteiger partial charge in [0.25, 0.3) is 0 Å². The predicted molar refractivity (Wildman–Crippen MR) is 62.7 cm³/mol. The Morgan fingerprint density at radius 2 is 2.12 bits per heavy atom. The average molecular weight is 243 g/mol. The van der Waals surface area contributed by atoms with Gasteiger partial charge in [0.2, 0.25) is 5.91 Å². The molecular formula is C12H21NO4. The standard InChI is InChI=1S/C12H21NO4/c1-2-17-9-10-5-3-4-8-13(10)11(14)6-7-12(15)16/h10H,2-9H2,1H3,(H,15,16)/t10-/m1/s1. The van der Waals surface area contributed by atoms with E-state index in [1.54, 1.807) is 4.90 Å². The van der Waals surface area contributed by atoms with Gasteiger partial charge in [0.05, 0.1) is 19.1 Å². The number of hydrogen-bond donors (Lipinski definition) is 1. The summed E-state index contributed by atoms with van der Waals surface area (Å²) in [5.74, 6) is -0.978. The molecule has 0 aliphatic carbocycles. The molecule has 17 heavy (non-hydrogen) atoms. The molecule has 0 aromatic rings. The maximum absolute atomic E-state index is 11.9. The summed E-state index contributed by atoms with van der Waals surface area (Å²) in [5, 5.41) is 8.57. The van der Waals surface area contributed by atoms with Gasteiger partial charge in [0, 0.05) is 19.6 Å². The van der Waals surface area contributed by atoms with E-state index in [9.17, 15) is 9.59 Å². The van der Waals surface area contributed by atoms with E-state index < -0.39 is 5.97 Å². The number of rotatable bonds is 6. The maximum Gasteiger partial charge on any atom is 0.303 e. The second-order valence-corrected chi connectivity index (χ2v) is 4.29. The van der Waals surface area contributed by atoms with Crippen molar-refractivity contribution >= 4 is 11.9 Å². The molecule has 0 aromatic carbocycles. The summed E-state index contributed by atoms with van der Waals surface area (Å²) in [5.41, 5.74) is 0. The lowest BCUT2D eigenvalue weighted by atomic mass is 10.0. The van der Waals surface area contributed by atoms with E-state index in [1.807, 2.05) is 6.92 Å². The monoisotopic (exact) mass is 243 g/mol. The van der Waals surface area contributed by atoms with Crippen molar-refractivity contribution in [3.8, 4) is 0 Å². The van der Waals surface area contributed by atoms with Gasteiger partial charge in [-0.2, -0.15) is 0 Å². The number of piperidine rings is 1. The number of ether oxygens (including phenoxy) is 1. The molecule has 1 atom stereocenters. The summed E-state index contributed by atoms with van der Waals surface area (Å²) in [7, 11) is 0. The molecular weight excluding hydrogens is 222 g/mol. The normalized spacial score (nSPS) is 20.3. The topological polar surface area (TPSA) is 66.8 Å². The van der Waals surface area contributed by atoms with E-state index in [1.165, 1.54) is 0 Å². The predicted octanol–water partition coefficient (Wildman–Crippen LogP) is 1.27. The summed E-state index contributed by atoms with van der Waals surface area (Å²) >= 11 is 0. The second kappa shape index (κ2) is 7.27. The minimum Gasteiger partial charge on any atom is -0.481 e. The second-order valence-electron chi connectivity index (χ2n) is 4.29. The first kappa shape index (κ1) is 14.0. The van der Waals surface area contributed by atoms with Crippen molar-refractivity contribution in [2.45, 2.75) is 45.1 Å². The highest BCUT2D eigenvalue weighted by Gasteiger charge is 2.26. The minimum absolute atomic E-state index is 0.0585. The molecule has 0 radical (unpaired) electrons. The van der Waals surface area contributed by atoms with E-state index in [-0.39, 0.29) is 24.8 Å². The Morgan fingerprint density at radius 1 is 1.35 bits per heavy atom. The number of carbonyl (C=O) groups excluding carboxylic acids is 1. The Hall–Kier alpha value is -1.10. The van der Waals surface area contributed by atoms with Crippen LogP contribution in [0.3, 0.4) is 0 Å². The average Bonchev–Trinajstić information content (AvgIpc) is 2.33. The van der Waals surface area contributed by atoms with Gasteiger partial charge in [0.1, 0.15) is 0 Å². The Bertz CT molecular complexity index is 267. The van der Waals surface area contributed by atoms with E-state index in [4.69, 9.17) is 9.84 Å². The van der Waals surface area contributed by atoms with E-state index in [2.05, 4.69) is 0 Å². The third-order valence-electron chi connectivity index (χ3n) is 3.01. The summed E-state index contributed by atoms with van der Waals surface area (Å²) in [6.45, 7) is 3.87. The zero-order valence-electron chi connectivity index (χ0n) is 10.4. The summed E-state index contributed by atoms with van der Waals surface area (Å²) in [6, 6.07) is 0.130. The number of amides is 1. The van der Waals surface area contributed by atoms with Crippen LogP contribution in [0.4, 0.5) is 0 Å². The third-order valence-corrected chi connectivity index (χ3v) is 3.01. The lowest BCUT2D eigenvalue weighted by Crippen LogP contribution is -2.46. The molecule has 5 heteroatoms. The Balaban J connectivity index is 2.45. The van der Waals surface area contributed by atoms with Crippen LogP contribution in [0.15, 0.2) is 0 Å². The first-order chi connectivity index (χ1) is 8.15. The molecule has 1 rings (SSSR count). The Labute approximate surface area is 102 Å². The molecule has 0 spiro atoms. The molecule has 1 amide bonds. The molecule has 1 N–H and O–H groups in total. The third kappa shape index (κ3) is 4.73. The van der Waals surface area contributed by atoms with Crippen LogP contribution in [-0.4, -0.2) is 47.7 Å². The van der Waals surface area contributed by atoms with Gasteiger partial charge in [0.15, 0.2) is 0 Å². The lowest BCUT2D eigenvalue weighted by molar-refractivity contribution is -0.143. The molecule has 1 aliphatic heterocycles. The fraction of sp³-hybridized carbons (Fsp3) is 0.833. The molecule has 1 fully saturated rings. The zero-order valence-corrected chi connectivity index (χ0v) is 10.4. The van der Waals surface area contributed by atoms with Gasteiger partial charge in [-0.1, -0.05) is 0 Å². The molecule has 5 nitrogen and oxygen atoms in total. The number of hydrogen-bond acceptors (Lipinski definition) is 3. The fourth-order valence-electron chi connectivity index (χ4n) is 2.11. The first-order valence-corrected chi connectivity index (χ1v) is 6.24. The molecule has 1 saturated heterocycles. The number of carbonyl (C=O) groups is 2. The molecule has 0 bridgehead atoms. The quantitative estimate of drug-likeness (QED) is 0.763. The van der Waals surface area contributed by atoms with Crippen molar-refractivity contribution in [2.75, 3.05) is 19.8 Å². The van der Waals surface area contributed by atoms with Gasteiger partial charge < -0.3 is 14.7 Å². The molecule has 1 heterocycles. The van der Waals surface area contributed by atoms with Crippen LogP contribution in [0.1, 0.15) is 39.0 Å². The van der Waals surface area contributed by atoms with Crippen molar-refractivity contribution in [2.24, 2.45) is 0 Å². The minimum atomic E-state index is -0.920. The van der Waals surface area contributed by atoms with E-state index >= 15 is 0 Å². The van der Waals surface area contributed by atoms with Crippen LogP contribution >= 0.6 is 0 Å². The van der Waals surface area contributed by atoms with Crippen LogP contribution in [0, 0.1) is 0 Å². The fourth-order valence-corrected chi connectivity index (χ4v) is 2.11. The van der Waals surface area contributed by atoms with Crippen molar-refractivity contribution in [1.29, 1.82) is 0 Å². The summed E-state index contributed by atoms with van der Waals surface area (Å²) in [6.07, 6.45) is 3.08. The van der Waals surface area contributed by atoms with Crippen molar-refractivity contribution < 1.29 is 19.4 Å². The van der Waals surface area contributed by atoms with Gasteiger partial charge in [-0.3, -0.25) is 9.59 Å². The number of aliphatic carboxylic acids is 1. The molecule has 1 aliphatic rings. The Kier molecular flexibility index (Phi) is 5.97. The first-order valence-electron chi connectivity index (χ1n) is 6.24. The van der Waals surface area contributed by atoms with Crippen molar-refractivity contribution in [3.05, 3.63) is 0 Å². The lowest BCUT2D eigenvalue weighted by Gasteiger charge is -2.35. The van der Waals surface area contributed by atoms with Crippen LogP contribution in [-0.2, 0) is 14.3 Å². The zero-order chi connectivity index (χ0) is 12.7. The Morgan fingerprint density at radius 3 is 2.76 bits per heavy atom. The number of likely N-dealkylation sites (tertiary alicyclic amines) is 1. The van der Waals surface area contributed by atoms with Crippen LogP contribution in [0.2, 0.25) is 0 Å². The van der Waals surface area contributed by atoms with Crippen LogP contribution in [0.5, 0.6) is 0 Å². The highest BCUT2D eigenvalue weighted by Crippen LogP contribution is 2.18. The highest BCUT2D eigenvalue weighted by molar-refractivity contribution is 5.81. The van der Waals surface area contributed by atoms with E-state index in [0.29, 0.717) is 13.2 Å². The van der Waals surface area contributed by atoms with Gasteiger partial charge >= 0.3 is 5.97 Å². The van der Waals surface area contributed by atoms with Gasteiger partial charge in [-0.05, 0) is 26.2 Å². The maximum atomic E-state index is 11.9. The molecule has 0 saturated carbocycles. The van der Waals surface area contributed by atoms with Gasteiger partial charge in [-0.25, -0.2) is 0 Å². The smallest absolute Gasteiger partial charge is 0.303 e. The van der Waals surface area contributed by atoms with Crippen molar-refractivity contribution in [3.63, 3.8) is 0 Å². The van der Waals surface area contributed by atoms with Crippen LogP contribution < -0.4 is 0 Å². The highest BCUT2D eigenvalue weighted by atomic mass is 16.5.